The van der Waals surface area contributed by atoms with Crippen molar-refractivity contribution in [1.29, 1.82) is 0 Å². The lowest BCUT2D eigenvalue weighted by atomic mass is 10.1. The van der Waals surface area contributed by atoms with Crippen LogP contribution in [-0.2, 0) is 9.59 Å². The minimum Gasteiger partial charge on any atom is -0.497 e. The van der Waals surface area contributed by atoms with Gasteiger partial charge >= 0.3 is 0 Å². The third kappa shape index (κ3) is 3.36. The number of methoxy groups -OCH3 is 1. The number of carbonyl (C=O) groups is 2. The molecule has 2 aromatic carbocycles. The molecule has 1 atom stereocenters. The molecule has 1 saturated heterocycles. The minimum absolute atomic E-state index is 0.0991. The summed E-state index contributed by atoms with van der Waals surface area (Å²) in [4.78, 5) is 26.2. The third-order valence-corrected chi connectivity index (χ3v) is 4.32. The van der Waals surface area contributed by atoms with E-state index >= 15 is 0 Å². The lowest BCUT2D eigenvalue weighted by Gasteiger charge is -2.18. The van der Waals surface area contributed by atoms with Crippen LogP contribution >= 0.6 is 11.6 Å². The van der Waals surface area contributed by atoms with Crippen molar-refractivity contribution in [1.82, 2.24) is 0 Å². The number of hydrogen-bond donors (Lipinski definition) is 1. The van der Waals surface area contributed by atoms with E-state index in [1.807, 2.05) is 6.07 Å². The van der Waals surface area contributed by atoms with E-state index in [0.717, 1.165) is 0 Å². The molecule has 5 nitrogen and oxygen atoms in total. The van der Waals surface area contributed by atoms with Gasteiger partial charge in [0.2, 0.25) is 11.8 Å². The van der Waals surface area contributed by atoms with Crippen LogP contribution in [0.4, 0.5) is 11.4 Å². The molecule has 1 heterocycles. The largest absolute Gasteiger partial charge is 0.497 e. The fraction of sp³-hybridized carbons (Fsp3) is 0.222. The van der Waals surface area contributed by atoms with Crippen LogP contribution in [0.25, 0.3) is 0 Å². The summed E-state index contributed by atoms with van der Waals surface area (Å²) in [5, 5.41) is 3.34. The molecule has 0 bridgehead atoms. The van der Waals surface area contributed by atoms with E-state index in [-0.39, 0.29) is 18.2 Å². The first-order chi connectivity index (χ1) is 11.6. The van der Waals surface area contributed by atoms with Crippen LogP contribution in [0.3, 0.4) is 0 Å². The lowest BCUT2D eigenvalue weighted by Crippen LogP contribution is -2.28. The van der Waals surface area contributed by atoms with E-state index in [1.54, 1.807) is 54.5 Å². The van der Waals surface area contributed by atoms with Gasteiger partial charge in [-0.2, -0.15) is 0 Å². The molecule has 2 aromatic rings. The summed E-state index contributed by atoms with van der Waals surface area (Å²) in [5.41, 5.74) is 1.31. The number of anilines is 2. The normalized spacial score (nSPS) is 17.0. The van der Waals surface area contributed by atoms with Crippen molar-refractivity contribution < 1.29 is 14.3 Å². The van der Waals surface area contributed by atoms with E-state index in [4.69, 9.17) is 16.3 Å². The predicted molar refractivity (Wildman–Crippen MR) is 93.5 cm³/mol. The van der Waals surface area contributed by atoms with Crippen LogP contribution in [0.2, 0.25) is 5.02 Å². The number of rotatable bonds is 4. The number of carbonyl (C=O) groups excluding carboxylic acids is 2. The SMILES string of the molecule is COc1ccc(NC(=O)C2CC(=O)N(c3ccccc3Cl)C2)cc1. The van der Waals surface area contributed by atoms with Gasteiger partial charge in [-0.1, -0.05) is 23.7 Å². The molecule has 1 aliphatic rings. The van der Waals surface area contributed by atoms with Gasteiger partial charge in [0, 0.05) is 18.7 Å². The molecular formula is C18H17ClN2O3. The number of ether oxygens (including phenoxy) is 1. The number of benzene rings is 2. The number of amides is 2. The average Bonchev–Trinajstić information content (AvgIpc) is 2.98. The maximum atomic E-state index is 12.4. The molecule has 24 heavy (non-hydrogen) atoms. The first-order valence-corrected chi connectivity index (χ1v) is 7.96. The molecule has 0 aromatic heterocycles. The Morgan fingerprint density at radius 3 is 2.58 bits per heavy atom. The Labute approximate surface area is 145 Å². The van der Waals surface area contributed by atoms with Crippen LogP contribution in [0, 0.1) is 5.92 Å². The van der Waals surface area contributed by atoms with E-state index < -0.39 is 5.92 Å². The number of nitrogens with zero attached hydrogens (tertiary/aromatic N) is 1. The summed E-state index contributed by atoms with van der Waals surface area (Å²) in [7, 11) is 1.58. The Morgan fingerprint density at radius 1 is 1.21 bits per heavy atom. The third-order valence-electron chi connectivity index (χ3n) is 4.00. The number of para-hydroxylation sites is 1. The van der Waals surface area contributed by atoms with Gasteiger partial charge in [-0.15, -0.1) is 0 Å². The fourth-order valence-corrected chi connectivity index (χ4v) is 2.94. The summed E-state index contributed by atoms with van der Waals surface area (Å²) in [6.45, 7) is 0.324. The van der Waals surface area contributed by atoms with Crippen LogP contribution in [-0.4, -0.2) is 25.5 Å². The highest BCUT2D eigenvalue weighted by Crippen LogP contribution is 2.31. The summed E-state index contributed by atoms with van der Waals surface area (Å²) in [6.07, 6.45) is 0.174. The van der Waals surface area contributed by atoms with Crippen molar-refractivity contribution in [2.45, 2.75) is 6.42 Å². The first-order valence-electron chi connectivity index (χ1n) is 7.58. The van der Waals surface area contributed by atoms with Crippen molar-refractivity contribution in [2.75, 3.05) is 23.9 Å². The molecule has 0 radical (unpaired) electrons. The van der Waals surface area contributed by atoms with Gasteiger partial charge in [0.1, 0.15) is 5.75 Å². The van der Waals surface area contributed by atoms with Crippen LogP contribution in [0.5, 0.6) is 5.75 Å². The van der Waals surface area contributed by atoms with E-state index in [9.17, 15) is 9.59 Å². The standard InChI is InChI=1S/C18H17ClN2O3/c1-24-14-8-6-13(7-9-14)20-18(23)12-10-17(22)21(11-12)16-5-3-2-4-15(16)19/h2-9,12H,10-11H2,1H3,(H,20,23). The Morgan fingerprint density at radius 2 is 1.92 bits per heavy atom. The van der Waals surface area contributed by atoms with Crippen molar-refractivity contribution >= 4 is 34.8 Å². The molecule has 1 aliphatic heterocycles. The first kappa shape index (κ1) is 16.3. The molecular weight excluding hydrogens is 328 g/mol. The Balaban J connectivity index is 1.68. The average molecular weight is 345 g/mol. The summed E-state index contributed by atoms with van der Waals surface area (Å²) < 4.78 is 5.09. The summed E-state index contributed by atoms with van der Waals surface area (Å²) in [5.74, 6) is 0.0332. The van der Waals surface area contributed by atoms with E-state index in [0.29, 0.717) is 28.7 Å². The molecule has 1 fully saturated rings. The Kier molecular flexibility index (Phi) is 4.71. The number of nitrogens with one attached hydrogen (secondary N) is 1. The maximum Gasteiger partial charge on any atom is 0.229 e. The molecule has 1 unspecified atom stereocenters. The van der Waals surface area contributed by atoms with Gasteiger partial charge in [-0.25, -0.2) is 0 Å². The second kappa shape index (κ2) is 6.93. The minimum atomic E-state index is -0.407. The fourth-order valence-electron chi connectivity index (χ4n) is 2.71. The monoisotopic (exact) mass is 344 g/mol. The second-order valence-electron chi connectivity index (χ2n) is 5.57. The Hall–Kier alpha value is -2.53. The van der Waals surface area contributed by atoms with Gasteiger partial charge in [0.15, 0.2) is 0 Å². The predicted octanol–water partition coefficient (Wildman–Crippen LogP) is 3.34. The van der Waals surface area contributed by atoms with Crippen LogP contribution in [0.1, 0.15) is 6.42 Å². The van der Waals surface area contributed by atoms with Crippen molar-refractivity contribution in [3.05, 3.63) is 53.6 Å². The second-order valence-corrected chi connectivity index (χ2v) is 5.98. The van der Waals surface area contributed by atoms with Gasteiger partial charge in [0.25, 0.3) is 0 Å². The molecule has 1 N–H and O–H groups in total. The number of halogens is 1. The molecule has 0 spiro atoms. The molecule has 3 rings (SSSR count). The zero-order valence-corrected chi connectivity index (χ0v) is 13.9. The highest BCUT2D eigenvalue weighted by molar-refractivity contribution is 6.33. The summed E-state index contributed by atoms with van der Waals surface area (Å²) in [6, 6.07) is 14.2. The van der Waals surface area contributed by atoms with E-state index in [2.05, 4.69) is 5.32 Å². The van der Waals surface area contributed by atoms with Crippen molar-refractivity contribution in [3.8, 4) is 5.75 Å². The zero-order chi connectivity index (χ0) is 17.1. The molecule has 0 aliphatic carbocycles. The van der Waals surface area contributed by atoms with E-state index in [1.165, 1.54) is 0 Å². The lowest BCUT2D eigenvalue weighted by molar-refractivity contribution is -0.122. The van der Waals surface area contributed by atoms with Gasteiger partial charge in [-0.05, 0) is 36.4 Å². The Bertz CT molecular complexity index is 761. The van der Waals surface area contributed by atoms with Gasteiger partial charge in [0.05, 0.1) is 23.7 Å². The molecule has 124 valence electrons. The quantitative estimate of drug-likeness (QED) is 0.925. The van der Waals surface area contributed by atoms with Crippen molar-refractivity contribution in [2.24, 2.45) is 5.92 Å². The molecule has 6 heteroatoms. The van der Waals surface area contributed by atoms with Gasteiger partial charge in [-0.3, -0.25) is 9.59 Å². The topological polar surface area (TPSA) is 58.6 Å². The van der Waals surface area contributed by atoms with Crippen LogP contribution in [0.15, 0.2) is 48.5 Å². The highest BCUT2D eigenvalue weighted by atomic mass is 35.5. The van der Waals surface area contributed by atoms with Gasteiger partial charge < -0.3 is 15.0 Å². The van der Waals surface area contributed by atoms with Crippen LogP contribution < -0.4 is 15.0 Å². The number of hydrogen-bond acceptors (Lipinski definition) is 3. The highest BCUT2D eigenvalue weighted by Gasteiger charge is 2.35. The summed E-state index contributed by atoms with van der Waals surface area (Å²) >= 11 is 6.15. The smallest absolute Gasteiger partial charge is 0.229 e. The zero-order valence-electron chi connectivity index (χ0n) is 13.2. The molecule has 0 saturated carbocycles. The maximum absolute atomic E-state index is 12.4. The molecule has 2 amide bonds. The van der Waals surface area contributed by atoms with Crippen molar-refractivity contribution in [3.63, 3.8) is 0 Å².